The Morgan fingerprint density at radius 1 is 1.25 bits per heavy atom. The number of aromatic nitrogens is 1. The van der Waals surface area contributed by atoms with E-state index >= 15 is 0 Å². The van der Waals surface area contributed by atoms with Gasteiger partial charge in [-0.2, -0.15) is 0 Å². The molecule has 1 heterocycles. The van der Waals surface area contributed by atoms with Crippen LogP contribution < -0.4 is 14.8 Å². The van der Waals surface area contributed by atoms with Crippen LogP contribution in [0.2, 0.25) is 0 Å². The lowest BCUT2D eigenvalue weighted by Crippen LogP contribution is -2.06. The molecular formula is C15H17FN2O2. The molecular weight excluding hydrogens is 259 g/mol. The van der Waals surface area contributed by atoms with Crippen LogP contribution in [0.5, 0.6) is 11.5 Å². The number of nitrogens with zero attached hydrogens (tertiary/aromatic N) is 1. The molecule has 2 rings (SSSR count). The summed E-state index contributed by atoms with van der Waals surface area (Å²) in [6, 6.07) is 8.49. The molecule has 0 aliphatic carbocycles. The first kappa shape index (κ1) is 14.3. The van der Waals surface area contributed by atoms with E-state index in [2.05, 4.69) is 10.3 Å². The van der Waals surface area contributed by atoms with Crippen LogP contribution in [0, 0.1) is 5.82 Å². The van der Waals surface area contributed by atoms with Gasteiger partial charge in [-0.25, -0.2) is 4.39 Å². The van der Waals surface area contributed by atoms with Gasteiger partial charge < -0.3 is 14.8 Å². The molecule has 0 bridgehead atoms. The number of rotatable bonds is 6. The Bertz CT molecular complexity index is 558. The third-order valence-electron chi connectivity index (χ3n) is 2.78. The fraction of sp³-hybridized carbons (Fsp3) is 0.267. The van der Waals surface area contributed by atoms with Crippen molar-refractivity contribution >= 4 is 0 Å². The zero-order valence-corrected chi connectivity index (χ0v) is 11.5. The molecule has 0 fully saturated rings. The summed E-state index contributed by atoms with van der Waals surface area (Å²) in [6.07, 6.45) is 1.66. The molecule has 0 saturated carbocycles. The molecule has 2 aromatic rings. The van der Waals surface area contributed by atoms with Crippen LogP contribution in [0.1, 0.15) is 11.3 Å². The lowest BCUT2D eigenvalue weighted by atomic mass is 10.2. The van der Waals surface area contributed by atoms with Gasteiger partial charge in [-0.1, -0.05) is 6.07 Å². The molecule has 0 radical (unpaired) electrons. The van der Waals surface area contributed by atoms with Gasteiger partial charge >= 0.3 is 0 Å². The summed E-state index contributed by atoms with van der Waals surface area (Å²) in [5, 5.41) is 3.02. The van der Waals surface area contributed by atoms with Gasteiger partial charge in [0.1, 0.15) is 12.4 Å². The molecule has 0 aliphatic heterocycles. The van der Waals surface area contributed by atoms with Gasteiger partial charge in [-0.15, -0.1) is 0 Å². The smallest absolute Gasteiger partial charge is 0.165 e. The summed E-state index contributed by atoms with van der Waals surface area (Å²) in [4.78, 5) is 4.24. The normalized spacial score (nSPS) is 10.3. The van der Waals surface area contributed by atoms with Crippen molar-refractivity contribution in [3.63, 3.8) is 0 Å². The first-order valence-electron chi connectivity index (χ1n) is 6.27. The number of pyridine rings is 1. The van der Waals surface area contributed by atoms with Crippen LogP contribution in [0.15, 0.2) is 36.5 Å². The molecule has 20 heavy (non-hydrogen) atoms. The van der Waals surface area contributed by atoms with Crippen LogP contribution in [0.25, 0.3) is 0 Å². The minimum Gasteiger partial charge on any atom is -0.494 e. The van der Waals surface area contributed by atoms with E-state index in [0.29, 0.717) is 12.3 Å². The molecule has 1 N–H and O–H groups in total. The van der Waals surface area contributed by atoms with Crippen molar-refractivity contribution in [1.82, 2.24) is 10.3 Å². The largest absolute Gasteiger partial charge is 0.494 e. The van der Waals surface area contributed by atoms with Gasteiger partial charge in [0.15, 0.2) is 11.6 Å². The number of ether oxygens (including phenoxy) is 2. The summed E-state index contributed by atoms with van der Waals surface area (Å²) < 4.78 is 23.9. The maximum Gasteiger partial charge on any atom is 0.165 e. The van der Waals surface area contributed by atoms with Gasteiger partial charge in [-0.3, -0.25) is 4.98 Å². The lowest BCUT2D eigenvalue weighted by Gasteiger charge is -2.08. The van der Waals surface area contributed by atoms with Crippen molar-refractivity contribution in [3.8, 4) is 11.5 Å². The zero-order chi connectivity index (χ0) is 14.4. The van der Waals surface area contributed by atoms with Crippen molar-refractivity contribution < 1.29 is 13.9 Å². The van der Waals surface area contributed by atoms with E-state index in [1.165, 1.54) is 13.2 Å². The minimum absolute atomic E-state index is 0.229. The topological polar surface area (TPSA) is 43.4 Å². The highest BCUT2D eigenvalue weighted by Gasteiger charge is 2.04. The third-order valence-corrected chi connectivity index (χ3v) is 2.78. The average molecular weight is 276 g/mol. The average Bonchev–Trinajstić information content (AvgIpc) is 2.47. The van der Waals surface area contributed by atoms with Crippen LogP contribution in [0.3, 0.4) is 0 Å². The second-order valence-corrected chi connectivity index (χ2v) is 4.27. The summed E-state index contributed by atoms with van der Waals surface area (Å²) in [7, 11) is 3.30. The van der Waals surface area contributed by atoms with Crippen LogP contribution in [-0.4, -0.2) is 19.1 Å². The monoisotopic (exact) mass is 276 g/mol. The molecule has 106 valence electrons. The van der Waals surface area contributed by atoms with Gasteiger partial charge in [0.25, 0.3) is 0 Å². The van der Waals surface area contributed by atoms with Crippen molar-refractivity contribution in [1.29, 1.82) is 0 Å². The quantitative estimate of drug-likeness (QED) is 0.880. The third kappa shape index (κ3) is 3.68. The van der Waals surface area contributed by atoms with E-state index in [0.717, 1.165) is 11.3 Å². The Balaban J connectivity index is 1.96. The second kappa shape index (κ2) is 6.86. The SMILES string of the molecule is CNCc1ccc(OCc2ccc(OC)c(F)c2)cn1. The standard InChI is InChI=1S/C15H17FN2O2/c1-17-8-12-4-5-13(9-18-12)20-10-11-3-6-15(19-2)14(16)7-11/h3-7,9,17H,8,10H2,1-2H3. The Morgan fingerprint density at radius 2 is 2.10 bits per heavy atom. The molecule has 0 saturated heterocycles. The van der Waals surface area contributed by atoms with E-state index in [-0.39, 0.29) is 12.4 Å². The molecule has 0 amide bonds. The molecule has 0 unspecified atom stereocenters. The maximum atomic E-state index is 13.5. The van der Waals surface area contributed by atoms with Crippen molar-refractivity contribution in [2.24, 2.45) is 0 Å². The Labute approximate surface area is 117 Å². The summed E-state index contributed by atoms with van der Waals surface area (Å²) in [5.74, 6) is 0.490. The van der Waals surface area contributed by atoms with Crippen molar-refractivity contribution in [3.05, 3.63) is 53.6 Å². The molecule has 0 atom stereocenters. The second-order valence-electron chi connectivity index (χ2n) is 4.27. The van der Waals surface area contributed by atoms with Gasteiger partial charge in [-0.05, 0) is 36.9 Å². The number of hydrogen-bond acceptors (Lipinski definition) is 4. The fourth-order valence-electron chi connectivity index (χ4n) is 1.75. The number of halogens is 1. The molecule has 0 aliphatic rings. The molecule has 1 aromatic heterocycles. The van der Waals surface area contributed by atoms with Crippen LogP contribution in [-0.2, 0) is 13.2 Å². The van der Waals surface area contributed by atoms with E-state index in [1.807, 2.05) is 19.2 Å². The van der Waals surface area contributed by atoms with Gasteiger partial charge in [0.05, 0.1) is 19.0 Å². The molecule has 1 aromatic carbocycles. The Hall–Kier alpha value is -2.14. The van der Waals surface area contributed by atoms with E-state index in [9.17, 15) is 4.39 Å². The van der Waals surface area contributed by atoms with E-state index in [1.54, 1.807) is 18.3 Å². The molecule has 5 heteroatoms. The highest BCUT2D eigenvalue weighted by molar-refractivity contribution is 5.29. The minimum atomic E-state index is -0.393. The number of methoxy groups -OCH3 is 1. The van der Waals surface area contributed by atoms with Gasteiger partial charge in [0, 0.05) is 6.54 Å². The zero-order valence-electron chi connectivity index (χ0n) is 11.5. The number of benzene rings is 1. The summed E-state index contributed by atoms with van der Waals surface area (Å²) in [5.41, 5.74) is 1.68. The van der Waals surface area contributed by atoms with Crippen LogP contribution >= 0.6 is 0 Å². The highest BCUT2D eigenvalue weighted by Crippen LogP contribution is 2.19. The molecule has 4 nitrogen and oxygen atoms in total. The Kier molecular flexibility index (Phi) is 4.90. The fourth-order valence-corrected chi connectivity index (χ4v) is 1.75. The van der Waals surface area contributed by atoms with E-state index in [4.69, 9.17) is 9.47 Å². The van der Waals surface area contributed by atoms with Crippen molar-refractivity contribution in [2.45, 2.75) is 13.2 Å². The lowest BCUT2D eigenvalue weighted by molar-refractivity contribution is 0.303. The Morgan fingerprint density at radius 3 is 2.70 bits per heavy atom. The van der Waals surface area contributed by atoms with E-state index < -0.39 is 5.82 Å². The van der Waals surface area contributed by atoms with Crippen molar-refractivity contribution in [2.75, 3.05) is 14.2 Å². The number of hydrogen-bond donors (Lipinski definition) is 1. The summed E-state index contributed by atoms with van der Waals surface area (Å²) in [6.45, 7) is 0.998. The predicted molar refractivity (Wildman–Crippen MR) is 74.3 cm³/mol. The molecule has 0 spiro atoms. The number of nitrogens with one attached hydrogen (secondary N) is 1. The first-order valence-corrected chi connectivity index (χ1v) is 6.27. The first-order chi connectivity index (χ1) is 9.72. The van der Waals surface area contributed by atoms with Crippen LogP contribution in [0.4, 0.5) is 4.39 Å². The summed E-state index contributed by atoms with van der Waals surface area (Å²) >= 11 is 0. The van der Waals surface area contributed by atoms with Gasteiger partial charge in [0.2, 0.25) is 0 Å². The highest BCUT2D eigenvalue weighted by atomic mass is 19.1. The predicted octanol–water partition coefficient (Wildman–Crippen LogP) is 2.53. The maximum absolute atomic E-state index is 13.5.